The molecule has 1 aromatic heterocycles. The molecule has 162 valence electrons. The third-order valence-corrected chi connectivity index (χ3v) is 6.37. The van der Waals surface area contributed by atoms with Gasteiger partial charge in [0.1, 0.15) is 0 Å². The molecule has 0 aliphatic carbocycles. The van der Waals surface area contributed by atoms with E-state index < -0.39 is 0 Å². The summed E-state index contributed by atoms with van der Waals surface area (Å²) < 4.78 is 11.4. The number of rotatable bonds is 7. The summed E-state index contributed by atoms with van der Waals surface area (Å²) in [7, 11) is 0. The molecule has 2 aromatic carbocycles. The van der Waals surface area contributed by atoms with E-state index in [-0.39, 0.29) is 11.3 Å². The van der Waals surface area contributed by atoms with Crippen LogP contribution in [0.25, 0.3) is 11.3 Å². The minimum Gasteiger partial charge on any atom is -0.441 e. The number of carbonyl (C=O) groups excluding carboxylic acids is 1. The van der Waals surface area contributed by atoms with E-state index >= 15 is 0 Å². The van der Waals surface area contributed by atoms with Gasteiger partial charge >= 0.3 is 0 Å². The minimum absolute atomic E-state index is 0.0303. The van der Waals surface area contributed by atoms with Crippen LogP contribution in [0.2, 0.25) is 10.0 Å². The Balaban J connectivity index is 1.35. The third-order valence-electron chi connectivity index (χ3n) is 5.79. The molecule has 0 saturated carbocycles. The van der Waals surface area contributed by atoms with E-state index in [0.717, 1.165) is 18.4 Å². The van der Waals surface area contributed by atoms with Gasteiger partial charge in [0.2, 0.25) is 5.91 Å². The van der Waals surface area contributed by atoms with Gasteiger partial charge in [-0.3, -0.25) is 4.79 Å². The van der Waals surface area contributed by atoms with Crippen molar-refractivity contribution in [2.45, 2.75) is 31.1 Å². The summed E-state index contributed by atoms with van der Waals surface area (Å²) in [4.78, 5) is 16.9. The van der Waals surface area contributed by atoms with Gasteiger partial charge in [-0.25, -0.2) is 4.98 Å². The molecule has 0 radical (unpaired) electrons. The number of aromatic nitrogens is 1. The van der Waals surface area contributed by atoms with Crippen molar-refractivity contribution in [3.8, 4) is 11.3 Å². The molecule has 1 aliphatic rings. The van der Waals surface area contributed by atoms with E-state index in [0.29, 0.717) is 54.3 Å². The highest BCUT2D eigenvalue weighted by Gasteiger charge is 2.34. The summed E-state index contributed by atoms with van der Waals surface area (Å²) in [5.41, 5.74) is 1.83. The molecule has 1 amide bonds. The fourth-order valence-electron chi connectivity index (χ4n) is 3.92. The predicted molar refractivity (Wildman–Crippen MR) is 121 cm³/mol. The topological polar surface area (TPSA) is 64.4 Å². The molecule has 0 spiro atoms. The van der Waals surface area contributed by atoms with Gasteiger partial charge in [-0.2, -0.15) is 0 Å². The highest BCUT2D eigenvalue weighted by atomic mass is 35.5. The lowest BCUT2D eigenvalue weighted by molar-refractivity contribution is -0.121. The van der Waals surface area contributed by atoms with Crippen LogP contribution >= 0.6 is 23.2 Å². The van der Waals surface area contributed by atoms with Crippen LogP contribution < -0.4 is 5.32 Å². The highest BCUT2D eigenvalue weighted by molar-refractivity contribution is 6.33. The molecule has 3 aromatic rings. The number of ether oxygens (including phenoxy) is 1. The van der Waals surface area contributed by atoms with E-state index in [9.17, 15) is 4.79 Å². The zero-order valence-electron chi connectivity index (χ0n) is 17.1. The Morgan fingerprint density at radius 3 is 2.55 bits per heavy atom. The van der Waals surface area contributed by atoms with E-state index in [1.807, 2.05) is 42.5 Å². The summed E-state index contributed by atoms with van der Waals surface area (Å²) in [6.45, 7) is 1.92. The zero-order chi connectivity index (χ0) is 21.7. The SMILES string of the molecule is O=C(CCc1ncc(-c2ccccc2Cl)o1)NCC1(c2ccc(Cl)cc2)CCOCC1. The number of hydrogen-bond donors (Lipinski definition) is 1. The molecule has 7 heteroatoms. The summed E-state index contributed by atoms with van der Waals surface area (Å²) in [6, 6.07) is 15.3. The first-order chi connectivity index (χ1) is 15.1. The molecular weight excluding hydrogens is 435 g/mol. The lowest BCUT2D eigenvalue weighted by Gasteiger charge is -2.38. The molecule has 5 nitrogen and oxygen atoms in total. The van der Waals surface area contributed by atoms with Crippen molar-refractivity contribution < 1.29 is 13.9 Å². The van der Waals surface area contributed by atoms with Crippen LogP contribution in [0, 0.1) is 0 Å². The number of nitrogens with one attached hydrogen (secondary N) is 1. The van der Waals surface area contributed by atoms with Gasteiger partial charge in [-0.1, -0.05) is 47.5 Å². The van der Waals surface area contributed by atoms with Crippen molar-refractivity contribution in [3.05, 3.63) is 76.2 Å². The van der Waals surface area contributed by atoms with E-state index in [1.54, 1.807) is 12.3 Å². The average molecular weight is 459 g/mol. The second-order valence-electron chi connectivity index (χ2n) is 7.77. The maximum absolute atomic E-state index is 12.6. The van der Waals surface area contributed by atoms with Crippen LogP contribution in [0.3, 0.4) is 0 Å². The Morgan fingerprint density at radius 1 is 1.06 bits per heavy atom. The third kappa shape index (κ3) is 5.29. The van der Waals surface area contributed by atoms with Gasteiger partial charge in [-0.15, -0.1) is 0 Å². The molecule has 1 aliphatic heterocycles. The van der Waals surface area contributed by atoms with Gasteiger partial charge in [-0.05, 0) is 42.7 Å². The van der Waals surface area contributed by atoms with Crippen LogP contribution in [-0.2, 0) is 21.4 Å². The lowest BCUT2D eigenvalue weighted by Crippen LogP contribution is -2.44. The van der Waals surface area contributed by atoms with Crippen molar-refractivity contribution in [3.63, 3.8) is 0 Å². The van der Waals surface area contributed by atoms with Gasteiger partial charge in [0.15, 0.2) is 11.7 Å². The zero-order valence-corrected chi connectivity index (χ0v) is 18.6. The average Bonchev–Trinajstić information content (AvgIpc) is 3.26. The van der Waals surface area contributed by atoms with E-state index in [1.165, 1.54) is 5.56 Å². The number of nitrogens with zero attached hydrogens (tertiary/aromatic N) is 1. The first kappa shape index (κ1) is 21.9. The number of amides is 1. The quantitative estimate of drug-likeness (QED) is 0.511. The maximum Gasteiger partial charge on any atom is 0.220 e. The molecular formula is C24H24Cl2N2O3. The van der Waals surface area contributed by atoms with E-state index in [2.05, 4.69) is 10.3 Å². The molecule has 1 saturated heterocycles. The minimum atomic E-state index is -0.140. The Morgan fingerprint density at radius 2 is 1.81 bits per heavy atom. The smallest absolute Gasteiger partial charge is 0.220 e. The fourth-order valence-corrected chi connectivity index (χ4v) is 4.28. The second-order valence-corrected chi connectivity index (χ2v) is 8.62. The molecule has 1 N–H and O–H groups in total. The molecule has 4 rings (SSSR count). The van der Waals surface area contributed by atoms with Gasteiger partial charge in [0.05, 0.1) is 11.2 Å². The van der Waals surface area contributed by atoms with Gasteiger partial charge < -0.3 is 14.5 Å². The highest BCUT2D eigenvalue weighted by Crippen LogP contribution is 2.35. The van der Waals surface area contributed by atoms with Crippen LogP contribution in [0.4, 0.5) is 0 Å². The van der Waals surface area contributed by atoms with E-state index in [4.69, 9.17) is 32.4 Å². The van der Waals surface area contributed by atoms with Crippen LogP contribution in [0.5, 0.6) is 0 Å². The molecule has 2 heterocycles. The standard InChI is InChI=1S/C24H24Cl2N2O3/c25-18-7-5-17(6-8-18)24(11-13-30-14-12-24)16-28-22(29)9-10-23-27-15-21(31-23)19-3-1-2-4-20(19)26/h1-8,15H,9-14,16H2,(H,28,29). The summed E-state index contributed by atoms with van der Waals surface area (Å²) in [5.74, 6) is 1.09. The number of carbonyl (C=O) groups is 1. The normalized spacial score (nSPS) is 15.5. The molecule has 0 unspecified atom stereocenters. The van der Waals surface area contributed by atoms with Crippen molar-refractivity contribution in [2.75, 3.05) is 19.8 Å². The van der Waals surface area contributed by atoms with Crippen molar-refractivity contribution in [1.29, 1.82) is 0 Å². The number of hydrogen-bond acceptors (Lipinski definition) is 4. The molecule has 0 atom stereocenters. The number of aryl methyl sites for hydroxylation is 1. The Kier molecular flexibility index (Phi) is 6.96. The Labute approximate surface area is 191 Å². The molecule has 0 bridgehead atoms. The maximum atomic E-state index is 12.6. The van der Waals surface area contributed by atoms with Gasteiger partial charge in [0, 0.05) is 48.6 Å². The fraction of sp³-hybridized carbons (Fsp3) is 0.333. The van der Waals surface area contributed by atoms with Crippen LogP contribution in [0.15, 0.2) is 59.1 Å². The summed E-state index contributed by atoms with van der Waals surface area (Å²) in [5, 5.41) is 4.42. The number of oxazole rings is 1. The second kappa shape index (κ2) is 9.86. The number of halogens is 2. The van der Waals surface area contributed by atoms with Gasteiger partial charge in [0.25, 0.3) is 0 Å². The monoisotopic (exact) mass is 458 g/mol. The van der Waals surface area contributed by atoms with Crippen molar-refractivity contribution in [1.82, 2.24) is 10.3 Å². The van der Waals surface area contributed by atoms with Crippen LogP contribution in [-0.4, -0.2) is 30.6 Å². The Hall–Kier alpha value is -2.34. The first-order valence-electron chi connectivity index (χ1n) is 10.4. The number of benzene rings is 2. The molecule has 31 heavy (non-hydrogen) atoms. The summed E-state index contributed by atoms with van der Waals surface area (Å²) >= 11 is 12.3. The Bertz CT molecular complexity index is 1030. The summed E-state index contributed by atoms with van der Waals surface area (Å²) in [6.07, 6.45) is 4.08. The van der Waals surface area contributed by atoms with Crippen molar-refractivity contribution in [2.24, 2.45) is 0 Å². The molecule has 1 fully saturated rings. The largest absolute Gasteiger partial charge is 0.441 e. The lowest BCUT2D eigenvalue weighted by atomic mass is 9.74. The van der Waals surface area contributed by atoms with Crippen LogP contribution in [0.1, 0.15) is 30.7 Å². The first-order valence-corrected chi connectivity index (χ1v) is 11.1. The van der Waals surface area contributed by atoms with Crippen molar-refractivity contribution >= 4 is 29.1 Å². The predicted octanol–water partition coefficient (Wildman–Crippen LogP) is 5.45.